The number of ether oxygens (including phenoxy) is 3. The molecule has 0 radical (unpaired) electrons. The molecule has 0 spiro atoms. The fraction of sp³-hybridized carbons (Fsp3) is 0.269. The van der Waals surface area contributed by atoms with E-state index in [0.29, 0.717) is 38.1 Å². The van der Waals surface area contributed by atoms with Crippen molar-refractivity contribution in [3.63, 3.8) is 0 Å². The largest absolute Gasteiger partial charge is 0.506 e. The highest BCUT2D eigenvalue weighted by molar-refractivity contribution is 9.10. The smallest absolute Gasteiger partial charge is 0.344 e. The van der Waals surface area contributed by atoms with Gasteiger partial charge in [-0.3, -0.25) is 4.79 Å². The van der Waals surface area contributed by atoms with Crippen LogP contribution in [0.1, 0.15) is 38.3 Å². The fourth-order valence-electron chi connectivity index (χ4n) is 3.19. The highest BCUT2D eigenvalue weighted by atomic mass is 79.9. The molecule has 1 amide bonds. The number of carbonyl (C=O) groups excluding carboxylic acids is 2. The number of thioether (sulfide) groups is 1. The van der Waals surface area contributed by atoms with Gasteiger partial charge in [0.25, 0.3) is 0 Å². The molecule has 190 valence electrons. The Bertz CT molecular complexity index is 1260. The van der Waals surface area contributed by atoms with Gasteiger partial charge in [0.05, 0.1) is 22.6 Å². The first-order valence-electron chi connectivity index (χ1n) is 11.2. The molecule has 1 heterocycles. The van der Waals surface area contributed by atoms with E-state index in [1.807, 2.05) is 25.1 Å². The Hall–Kier alpha value is -2.75. The van der Waals surface area contributed by atoms with Crippen molar-refractivity contribution in [2.75, 3.05) is 13.2 Å². The molecule has 0 bridgehead atoms. The number of benzene rings is 2. The van der Waals surface area contributed by atoms with Crippen LogP contribution in [0.3, 0.4) is 0 Å². The molecule has 36 heavy (non-hydrogen) atoms. The number of esters is 1. The number of hydrogen-bond acceptors (Lipinski definition) is 7. The van der Waals surface area contributed by atoms with Crippen LogP contribution >= 0.6 is 39.3 Å². The normalized spacial score (nSPS) is 15.5. The summed E-state index contributed by atoms with van der Waals surface area (Å²) in [5.41, 5.74) is 1.45. The summed E-state index contributed by atoms with van der Waals surface area (Å²) in [5, 5.41) is 11.5. The summed E-state index contributed by atoms with van der Waals surface area (Å²) in [5.74, 6) is -0.435. The lowest BCUT2D eigenvalue weighted by atomic mass is 10.1. The van der Waals surface area contributed by atoms with Gasteiger partial charge in [0.1, 0.15) is 23.0 Å². The van der Waals surface area contributed by atoms with Crippen molar-refractivity contribution < 1.29 is 28.9 Å². The van der Waals surface area contributed by atoms with E-state index < -0.39 is 11.9 Å². The lowest BCUT2D eigenvalue weighted by Gasteiger charge is -2.15. The number of halogens is 2. The van der Waals surface area contributed by atoms with Gasteiger partial charge in [-0.25, -0.2) is 9.79 Å². The molecule has 2 aromatic carbocycles. The minimum atomic E-state index is -0.741. The van der Waals surface area contributed by atoms with Gasteiger partial charge in [0.2, 0.25) is 5.91 Å². The number of aliphatic hydroxyl groups excluding tert-OH is 1. The summed E-state index contributed by atoms with van der Waals surface area (Å²) >= 11 is 10.6. The standard InChI is InChI=1S/C26H25BrClNO6S/c1-4-21(30)29-25-22(26(32)34-6-3)23(31)20(36-25)13-16-11-18(27)24(19(12-16)33-5-2)35-14-15-8-7-9-17(28)10-15/h7-13,31H,4-6,14H2,1-3H3/b20-13-,29-25?. The molecule has 0 atom stereocenters. The molecular formula is C26H25BrClNO6S. The van der Waals surface area contributed by atoms with Gasteiger partial charge < -0.3 is 19.3 Å². The van der Waals surface area contributed by atoms with Crippen LogP contribution in [0, 0.1) is 0 Å². The van der Waals surface area contributed by atoms with E-state index in [-0.39, 0.29) is 36.0 Å². The molecule has 3 rings (SSSR count). The molecular weight excluding hydrogens is 570 g/mol. The van der Waals surface area contributed by atoms with Gasteiger partial charge in [0.15, 0.2) is 11.5 Å². The molecule has 2 aromatic rings. The zero-order valence-corrected chi connectivity index (χ0v) is 23.1. The maximum atomic E-state index is 12.5. The molecule has 10 heteroatoms. The SMILES string of the molecule is CCOC(=O)C1=C(O)/C(=C/c2cc(Br)c(OCc3cccc(Cl)c3)c(OCC)c2)SC1=NC(=O)CC. The van der Waals surface area contributed by atoms with Crippen LogP contribution in [0.4, 0.5) is 0 Å². The predicted octanol–water partition coefficient (Wildman–Crippen LogP) is 6.88. The van der Waals surface area contributed by atoms with Crippen LogP contribution in [0.5, 0.6) is 11.5 Å². The first kappa shape index (κ1) is 27.8. The quantitative estimate of drug-likeness (QED) is 0.316. The van der Waals surface area contributed by atoms with E-state index in [1.54, 1.807) is 38.1 Å². The molecule has 7 nitrogen and oxygen atoms in total. The maximum Gasteiger partial charge on any atom is 0.344 e. The Morgan fingerprint density at radius 1 is 1.14 bits per heavy atom. The van der Waals surface area contributed by atoms with Crippen molar-refractivity contribution in [1.29, 1.82) is 0 Å². The van der Waals surface area contributed by atoms with E-state index in [4.69, 9.17) is 25.8 Å². The van der Waals surface area contributed by atoms with Crippen LogP contribution in [0.2, 0.25) is 5.02 Å². The van der Waals surface area contributed by atoms with Crippen molar-refractivity contribution in [1.82, 2.24) is 0 Å². The Balaban J connectivity index is 1.96. The second-order valence-corrected chi connectivity index (χ2v) is 9.72. The van der Waals surface area contributed by atoms with Gasteiger partial charge in [0, 0.05) is 11.4 Å². The molecule has 0 unspecified atom stereocenters. The second kappa shape index (κ2) is 13.0. The van der Waals surface area contributed by atoms with E-state index in [9.17, 15) is 14.7 Å². The average Bonchev–Trinajstić information content (AvgIpc) is 3.13. The summed E-state index contributed by atoms with van der Waals surface area (Å²) in [7, 11) is 0. The molecule has 1 aliphatic rings. The number of aliphatic imine (C=N–C) groups is 1. The lowest BCUT2D eigenvalue weighted by Crippen LogP contribution is -2.14. The highest BCUT2D eigenvalue weighted by Gasteiger charge is 2.33. The third-order valence-corrected chi connectivity index (χ3v) is 6.64. The fourth-order valence-corrected chi connectivity index (χ4v) is 5.01. The number of aliphatic hydroxyl groups is 1. The Kier molecular flexibility index (Phi) is 10.0. The predicted molar refractivity (Wildman–Crippen MR) is 146 cm³/mol. The first-order chi connectivity index (χ1) is 17.3. The summed E-state index contributed by atoms with van der Waals surface area (Å²) in [6.07, 6.45) is 1.84. The van der Waals surface area contributed by atoms with Crippen LogP contribution in [0.15, 0.2) is 62.1 Å². The Labute approximate surface area is 227 Å². The molecule has 1 aliphatic heterocycles. The molecule has 0 aromatic heterocycles. The third-order valence-electron chi connectivity index (χ3n) is 4.80. The molecule has 0 aliphatic carbocycles. The van der Waals surface area contributed by atoms with E-state index in [1.165, 1.54) is 0 Å². The second-order valence-electron chi connectivity index (χ2n) is 7.40. The zero-order valence-electron chi connectivity index (χ0n) is 20.0. The van der Waals surface area contributed by atoms with E-state index in [2.05, 4.69) is 20.9 Å². The monoisotopic (exact) mass is 593 g/mol. The number of hydrogen-bond donors (Lipinski definition) is 1. The van der Waals surface area contributed by atoms with Crippen molar-refractivity contribution in [3.05, 3.63) is 73.3 Å². The van der Waals surface area contributed by atoms with Crippen molar-refractivity contribution in [3.8, 4) is 11.5 Å². The lowest BCUT2D eigenvalue weighted by molar-refractivity contribution is -0.138. The van der Waals surface area contributed by atoms with Gasteiger partial charge in [-0.2, -0.15) is 0 Å². The Morgan fingerprint density at radius 3 is 2.58 bits per heavy atom. The number of nitrogens with zero attached hydrogens (tertiary/aromatic N) is 1. The number of carbonyl (C=O) groups is 2. The number of amides is 1. The zero-order chi connectivity index (χ0) is 26.2. The van der Waals surface area contributed by atoms with Crippen molar-refractivity contribution in [2.24, 2.45) is 4.99 Å². The topological polar surface area (TPSA) is 94.4 Å². The summed E-state index contributed by atoms with van der Waals surface area (Å²) in [6, 6.07) is 10.9. The number of rotatable bonds is 9. The van der Waals surface area contributed by atoms with Gasteiger partial charge in [-0.05, 0) is 71.2 Å². The summed E-state index contributed by atoms with van der Waals surface area (Å²) in [4.78, 5) is 28.7. The van der Waals surface area contributed by atoms with Gasteiger partial charge >= 0.3 is 5.97 Å². The first-order valence-corrected chi connectivity index (χ1v) is 13.2. The minimum Gasteiger partial charge on any atom is -0.506 e. The minimum absolute atomic E-state index is 0.106. The van der Waals surface area contributed by atoms with Crippen LogP contribution in [-0.4, -0.2) is 35.2 Å². The highest BCUT2D eigenvalue weighted by Crippen LogP contribution is 2.42. The van der Waals surface area contributed by atoms with Crippen molar-refractivity contribution in [2.45, 2.75) is 33.8 Å². The van der Waals surface area contributed by atoms with Crippen LogP contribution in [-0.2, 0) is 20.9 Å². The Morgan fingerprint density at radius 2 is 1.92 bits per heavy atom. The summed E-state index contributed by atoms with van der Waals surface area (Å²) < 4.78 is 17.5. The molecule has 0 saturated heterocycles. The molecule has 0 saturated carbocycles. The van der Waals surface area contributed by atoms with Crippen LogP contribution < -0.4 is 9.47 Å². The average molecular weight is 595 g/mol. The van der Waals surface area contributed by atoms with Gasteiger partial charge in [-0.15, -0.1) is 0 Å². The molecule has 0 fully saturated rings. The van der Waals surface area contributed by atoms with E-state index >= 15 is 0 Å². The van der Waals surface area contributed by atoms with E-state index in [0.717, 1.165) is 17.3 Å². The van der Waals surface area contributed by atoms with Crippen LogP contribution in [0.25, 0.3) is 6.08 Å². The maximum absolute atomic E-state index is 12.5. The van der Waals surface area contributed by atoms with Crippen molar-refractivity contribution >= 4 is 62.3 Å². The van der Waals surface area contributed by atoms with Gasteiger partial charge in [-0.1, -0.05) is 42.4 Å². The molecule has 1 N–H and O–H groups in total. The summed E-state index contributed by atoms with van der Waals surface area (Å²) in [6.45, 7) is 6.00. The third kappa shape index (κ3) is 6.93.